The monoisotopic (exact) mass is 565 g/mol. The summed E-state index contributed by atoms with van der Waals surface area (Å²) in [6, 6.07) is 20.0. The number of hydrogen-bond acceptors (Lipinski definition) is 7. The molecular formula is C30H33F2N5O2S. The van der Waals surface area contributed by atoms with E-state index in [0.29, 0.717) is 17.3 Å². The summed E-state index contributed by atoms with van der Waals surface area (Å²) in [6.07, 6.45) is 1.82. The molecule has 210 valence electrons. The highest BCUT2D eigenvalue weighted by atomic mass is 32.2. The van der Waals surface area contributed by atoms with Gasteiger partial charge >= 0.3 is 5.97 Å². The van der Waals surface area contributed by atoms with Crippen LogP contribution in [0.2, 0.25) is 0 Å². The molecule has 4 aromatic rings. The van der Waals surface area contributed by atoms with Crippen molar-refractivity contribution in [3.8, 4) is 0 Å². The van der Waals surface area contributed by atoms with Gasteiger partial charge in [0.1, 0.15) is 29.3 Å². The van der Waals surface area contributed by atoms with Crippen molar-refractivity contribution in [3.63, 3.8) is 0 Å². The van der Waals surface area contributed by atoms with Crippen molar-refractivity contribution in [1.29, 1.82) is 0 Å². The van der Waals surface area contributed by atoms with E-state index in [1.54, 1.807) is 17.9 Å². The molecule has 0 bridgehead atoms. The second kappa shape index (κ2) is 14.2. The maximum absolute atomic E-state index is 13.9. The fourth-order valence-corrected chi connectivity index (χ4v) is 5.27. The van der Waals surface area contributed by atoms with Gasteiger partial charge in [-0.05, 0) is 47.2 Å². The number of aryl methyl sites for hydroxylation is 2. The molecule has 10 heteroatoms. The van der Waals surface area contributed by atoms with Crippen LogP contribution in [0.3, 0.4) is 0 Å². The van der Waals surface area contributed by atoms with Gasteiger partial charge in [0.25, 0.3) is 0 Å². The van der Waals surface area contributed by atoms with Crippen LogP contribution in [0.15, 0.2) is 84.3 Å². The van der Waals surface area contributed by atoms with Crippen molar-refractivity contribution in [2.45, 2.75) is 48.9 Å². The van der Waals surface area contributed by atoms with Gasteiger partial charge in [0.15, 0.2) is 5.16 Å². The minimum absolute atomic E-state index is 0.117. The number of benzene rings is 3. The first-order valence-electron chi connectivity index (χ1n) is 13.1. The summed E-state index contributed by atoms with van der Waals surface area (Å²) in [6.45, 7) is 2.88. The van der Waals surface area contributed by atoms with Crippen molar-refractivity contribution >= 4 is 17.7 Å². The molecule has 7 nitrogen and oxygen atoms in total. The van der Waals surface area contributed by atoms with Gasteiger partial charge in [0.05, 0.1) is 0 Å². The van der Waals surface area contributed by atoms with Gasteiger partial charge in [0.2, 0.25) is 0 Å². The smallest absolute Gasteiger partial charge is 0.324 e. The van der Waals surface area contributed by atoms with Crippen LogP contribution >= 0.6 is 11.8 Å². The van der Waals surface area contributed by atoms with Crippen LogP contribution in [-0.2, 0) is 36.0 Å². The van der Waals surface area contributed by atoms with Gasteiger partial charge in [-0.2, -0.15) is 0 Å². The summed E-state index contributed by atoms with van der Waals surface area (Å²) in [4.78, 5) is 13.7. The number of halogens is 2. The number of thioether (sulfide) groups is 1. The third-order valence-electron chi connectivity index (χ3n) is 6.42. The first-order chi connectivity index (χ1) is 19.3. The van der Waals surface area contributed by atoms with E-state index in [0.717, 1.165) is 23.6 Å². The van der Waals surface area contributed by atoms with Crippen LogP contribution in [0.5, 0.6) is 0 Å². The van der Waals surface area contributed by atoms with E-state index in [1.165, 1.54) is 29.5 Å². The third kappa shape index (κ3) is 8.20. The number of carbonyl (C=O) groups is 1. The van der Waals surface area contributed by atoms with E-state index >= 15 is 0 Å². The molecule has 0 spiro atoms. The Morgan fingerprint density at radius 2 is 1.75 bits per heavy atom. The number of ether oxygens (including phenoxy) is 1. The Labute approximate surface area is 237 Å². The zero-order valence-electron chi connectivity index (χ0n) is 22.5. The first kappa shape index (κ1) is 29.4. The summed E-state index contributed by atoms with van der Waals surface area (Å²) >= 11 is 1.22. The van der Waals surface area contributed by atoms with Gasteiger partial charge in [-0.3, -0.25) is 4.79 Å². The zero-order chi connectivity index (χ0) is 28.5. The van der Waals surface area contributed by atoms with Gasteiger partial charge < -0.3 is 20.4 Å². The quantitative estimate of drug-likeness (QED) is 0.178. The topological polar surface area (TPSA) is 95.1 Å². The van der Waals surface area contributed by atoms with E-state index in [2.05, 4.69) is 34.6 Å². The average Bonchev–Trinajstić information content (AvgIpc) is 3.35. The highest BCUT2D eigenvalue weighted by Gasteiger charge is 2.30. The molecule has 1 unspecified atom stereocenters. The number of rotatable bonds is 13. The van der Waals surface area contributed by atoms with Crippen LogP contribution < -0.4 is 11.1 Å². The van der Waals surface area contributed by atoms with E-state index in [9.17, 15) is 13.6 Å². The molecule has 40 heavy (non-hydrogen) atoms. The Morgan fingerprint density at radius 1 is 1.02 bits per heavy atom. The Hall–Kier alpha value is -3.60. The molecule has 0 aliphatic rings. The minimum atomic E-state index is -0.778. The fraction of sp³-hybridized carbons (Fsp3) is 0.300. The molecule has 0 aliphatic carbocycles. The highest BCUT2D eigenvalue weighted by molar-refractivity contribution is 8.00. The van der Waals surface area contributed by atoms with Crippen molar-refractivity contribution in [2.24, 2.45) is 12.8 Å². The van der Waals surface area contributed by atoms with Gasteiger partial charge in [0, 0.05) is 32.2 Å². The number of nitrogens with one attached hydrogen (secondary N) is 1. The lowest BCUT2D eigenvalue weighted by molar-refractivity contribution is -0.149. The fourth-order valence-electron chi connectivity index (χ4n) is 4.31. The van der Waals surface area contributed by atoms with Gasteiger partial charge in [-0.1, -0.05) is 73.3 Å². The van der Waals surface area contributed by atoms with E-state index < -0.39 is 35.0 Å². The van der Waals surface area contributed by atoms with Crippen LogP contribution in [-0.4, -0.2) is 39.4 Å². The number of nitrogens with zero attached hydrogens (tertiary/aromatic N) is 3. The largest absolute Gasteiger partial charge is 0.458 e. The normalized spacial score (nSPS) is 13.5. The summed E-state index contributed by atoms with van der Waals surface area (Å²) < 4.78 is 35.5. The molecule has 0 radical (unpaired) electrons. The maximum atomic E-state index is 13.9. The Morgan fingerprint density at radius 3 is 2.42 bits per heavy atom. The van der Waals surface area contributed by atoms with Crippen LogP contribution in [0, 0.1) is 11.6 Å². The van der Waals surface area contributed by atoms with Crippen LogP contribution in [0.25, 0.3) is 0 Å². The van der Waals surface area contributed by atoms with Crippen LogP contribution in [0.4, 0.5) is 8.78 Å². The van der Waals surface area contributed by atoms with Crippen molar-refractivity contribution < 1.29 is 18.3 Å². The zero-order valence-corrected chi connectivity index (χ0v) is 23.3. The minimum Gasteiger partial charge on any atom is -0.458 e. The lowest BCUT2D eigenvalue weighted by Gasteiger charge is -2.27. The molecule has 0 fully saturated rings. The Bertz CT molecular complexity index is 1380. The predicted molar refractivity (Wildman–Crippen MR) is 151 cm³/mol. The number of carbonyl (C=O) groups excluding carboxylic acids is 1. The SMILES string of the molecule is CCc1cccc(CNC[C@@H](OC(=O)C(Sc2nncn2C)c2ccccc2)[C@@H](N)Cc2cc(F)cc(F)c2)c1. The summed E-state index contributed by atoms with van der Waals surface area (Å²) in [7, 11) is 1.80. The summed E-state index contributed by atoms with van der Waals surface area (Å²) in [5, 5.41) is 11.2. The molecule has 0 aliphatic heterocycles. The first-order valence-corrected chi connectivity index (χ1v) is 14.0. The molecule has 3 aromatic carbocycles. The predicted octanol–water partition coefficient (Wildman–Crippen LogP) is 4.76. The lowest BCUT2D eigenvalue weighted by Crippen LogP contribution is -2.46. The molecule has 3 atom stereocenters. The van der Waals surface area contributed by atoms with Gasteiger partial charge in [-0.15, -0.1) is 10.2 Å². The summed E-state index contributed by atoms with van der Waals surface area (Å²) in [5.41, 5.74) is 9.96. The molecule has 0 amide bonds. The molecule has 1 aromatic heterocycles. The van der Waals surface area contributed by atoms with Crippen molar-refractivity contribution in [3.05, 3.63) is 113 Å². The molecule has 4 rings (SSSR count). The second-order valence-electron chi connectivity index (χ2n) is 9.56. The maximum Gasteiger partial charge on any atom is 0.324 e. The molecule has 3 N–H and O–H groups in total. The third-order valence-corrected chi connectivity index (χ3v) is 7.70. The van der Waals surface area contributed by atoms with E-state index in [1.807, 2.05) is 42.5 Å². The lowest BCUT2D eigenvalue weighted by atomic mass is 10.0. The molecule has 0 saturated heterocycles. The number of hydrogen-bond donors (Lipinski definition) is 2. The second-order valence-corrected chi connectivity index (χ2v) is 10.6. The molecule has 1 heterocycles. The van der Waals surface area contributed by atoms with E-state index in [-0.39, 0.29) is 13.0 Å². The molecule has 0 saturated carbocycles. The van der Waals surface area contributed by atoms with Crippen LogP contribution in [0.1, 0.15) is 34.4 Å². The van der Waals surface area contributed by atoms with Crippen molar-refractivity contribution in [1.82, 2.24) is 20.1 Å². The Balaban J connectivity index is 1.54. The van der Waals surface area contributed by atoms with Crippen molar-refractivity contribution in [2.75, 3.05) is 6.54 Å². The Kier molecular flexibility index (Phi) is 10.4. The number of esters is 1. The molecular weight excluding hydrogens is 532 g/mol. The standard InChI is InChI=1S/C30H33F2N5O2S/c1-3-20-8-7-9-21(12-20)17-34-18-27(26(33)15-22-13-24(31)16-25(32)14-22)39-29(38)28(23-10-5-4-6-11-23)40-30-36-35-19-37(30)2/h4-14,16,19,26-28,34H,3,15,17-18,33H2,1-2H3/t26-,27+,28?/m0/s1. The van der Waals surface area contributed by atoms with Gasteiger partial charge in [-0.25, -0.2) is 8.78 Å². The number of aromatic nitrogens is 3. The number of nitrogens with two attached hydrogens (primary N) is 1. The highest BCUT2D eigenvalue weighted by Crippen LogP contribution is 2.35. The summed E-state index contributed by atoms with van der Waals surface area (Å²) in [5.74, 6) is -1.87. The average molecular weight is 566 g/mol. The van der Waals surface area contributed by atoms with E-state index in [4.69, 9.17) is 10.5 Å².